The summed E-state index contributed by atoms with van der Waals surface area (Å²) < 4.78 is 0. The van der Waals surface area contributed by atoms with Gasteiger partial charge in [-0.15, -0.1) is 0 Å². The van der Waals surface area contributed by atoms with Gasteiger partial charge in [-0.25, -0.2) is 0 Å². The van der Waals surface area contributed by atoms with Crippen molar-refractivity contribution in [3.8, 4) is 6.07 Å². The highest BCUT2D eigenvalue weighted by molar-refractivity contribution is 6.02. The van der Waals surface area contributed by atoms with E-state index >= 15 is 0 Å². The molecule has 5 nitrogen and oxygen atoms in total. The fourth-order valence-electron chi connectivity index (χ4n) is 1.90. The highest BCUT2D eigenvalue weighted by Crippen LogP contribution is 2.15. The van der Waals surface area contributed by atoms with Gasteiger partial charge in [0, 0.05) is 31.9 Å². The summed E-state index contributed by atoms with van der Waals surface area (Å²) in [5.41, 5.74) is 1.32. The van der Waals surface area contributed by atoms with Crippen molar-refractivity contribution in [2.24, 2.45) is 0 Å². The molecule has 118 valence electrons. The van der Waals surface area contributed by atoms with E-state index in [1.165, 1.54) is 0 Å². The Labute approximate surface area is 131 Å². The number of nitriles is 1. The lowest BCUT2D eigenvalue weighted by Gasteiger charge is -2.25. The normalized spacial score (nSPS) is 11.7. The van der Waals surface area contributed by atoms with Gasteiger partial charge in [0.1, 0.15) is 11.6 Å². The molecule has 22 heavy (non-hydrogen) atoms. The summed E-state index contributed by atoms with van der Waals surface area (Å²) >= 11 is 0. The number of carbonyl (C=O) groups excluding carboxylic acids is 1. The van der Waals surface area contributed by atoms with E-state index in [4.69, 9.17) is 5.11 Å². The number of carbonyl (C=O) groups is 1. The van der Waals surface area contributed by atoms with Crippen LogP contribution in [0.5, 0.6) is 0 Å². The first-order chi connectivity index (χ1) is 10.3. The van der Waals surface area contributed by atoms with Crippen LogP contribution in [0.3, 0.4) is 0 Å². The molecule has 5 heteroatoms. The molecular weight excluding hydrogens is 278 g/mol. The van der Waals surface area contributed by atoms with Crippen LogP contribution in [-0.4, -0.2) is 37.3 Å². The third kappa shape index (κ3) is 5.23. The van der Waals surface area contributed by atoms with E-state index in [9.17, 15) is 10.1 Å². The third-order valence-electron chi connectivity index (χ3n) is 3.27. The lowest BCUT2D eigenvalue weighted by atomic mass is 10.0. The summed E-state index contributed by atoms with van der Waals surface area (Å²) in [5, 5.41) is 20.9. The highest BCUT2D eigenvalue weighted by Gasteiger charge is 2.21. The average molecular weight is 301 g/mol. The van der Waals surface area contributed by atoms with Crippen LogP contribution in [-0.2, 0) is 4.79 Å². The maximum Gasteiger partial charge on any atom is 0.262 e. The molecule has 1 rings (SSSR count). The molecule has 1 amide bonds. The fraction of sp³-hybridized carbons (Fsp3) is 0.412. The van der Waals surface area contributed by atoms with Crippen LogP contribution in [0.25, 0.3) is 6.08 Å². The quantitative estimate of drug-likeness (QED) is 0.622. The van der Waals surface area contributed by atoms with E-state index < -0.39 is 11.4 Å². The third-order valence-corrected chi connectivity index (χ3v) is 3.27. The van der Waals surface area contributed by atoms with Crippen LogP contribution in [0.15, 0.2) is 29.8 Å². The molecule has 0 aliphatic heterocycles. The number of anilines is 1. The molecule has 0 aliphatic carbocycles. The molecule has 0 bridgehead atoms. The summed E-state index contributed by atoms with van der Waals surface area (Å²) in [7, 11) is 3.89. The molecule has 1 aromatic rings. The number of aliphatic hydroxyl groups is 1. The first kappa shape index (κ1) is 17.7. The van der Waals surface area contributed by atoms with Gasteiger partial charge in [0.15, 0.2) is 0 Å². The minimum atomic E-state index is -0.559. The molecule has 0 atom stereocenters. The Kier molecular flexibility index (Phi) is 6.14. The lowest BCUT2D eigenvalue weighted by Crippen LogP contribution is -2.44. The zero-order valence-electron chi connectivity index (χ0n) is 13.6. The fourth-order valence-corrected chi connectivity index (χ4v) is 1.90. The molecule has 1 aromatic carbocycles. The van der Waals surface area contributed by atoms with Crippen LogP contribution >= 0.6 is 0 Å². The topological polar surface area (TPSA) is 76.4 Å². The summed E-state index contributed by atoms with van der Waals surface area (Å²) in [6, 6.07) is 9.50. The number of benzene rings is 1. The molecule has 0 aromatic heterocycles. The van der Waals surface area contributed by atoms with Crippen molar-refractivity contribution in [2.75, 3.05) is 25.6 Å². The maximum atomic E-state index is 12.2. The van der Waals surface area contributed by atoms with Gasteiger partial charge >= 0.3 is 0 Å². The minimum absolute atomic E-state index is 0.0229. The molecule has 0 heterocycles. The van der Waals surface area contributed by atoms with Gasteiger partial charge in [0.2, 0.25) is 0 Å². The first-order valence-electron chi connectivity index (χ1n) is 7.11. The Balaban J connectivity index is 2.91. The highest BCUT2D eigenvalue weighted by atomic mass is 16.3. The number of nitrogens with zero attached hydrogens (tertiary/aromatic N) is 2. The molecular formula is C17H23N3O2. The summed E-state index contributed by atoms with van der Waals surface area (Å²) in [4.78, 5) is 14.1. The van der Waals surface area contributed by atoms with E-state index in [1.807, 2.05) is 63.2 Å². The first-order valence-corrected chi connectivity index (χ1v) is 7.11. The number of hydrogen-bond acceptors (Lipinski definition) is 4. The monoisotopic (exact) mass is 301 g/mol. The molecule has 2 N–H and O–H groups in total. The number of rotatable bonds is 6. The van der Waals surface area contributed by atoms with Crippen LogP contribution in [0.2, 0.25) is 0 Å². The van der Waals surface area contributed by atoms with Crippen molar-refractivity contribution in [3.05, 3.63) is 35.4 Å². The number of nitrogens with one attached hydrogen (secondary N) is 1. The molecule has 0 saturated heterocycles. The van der Waals surface area contributed by atoms with Gasteiger partial charge in [-0.3, -0.25) is 4.79 Å². The largest absolute Gasteiger partial charge is 0.396 e. The summed E-state index contributed by atoms with van der Waals surface area (Å²) in [5.74, 6) is -0.433. The van der Waals surface area contributed by atoms with Crippen molar-refractivity contribution in [1.82, 2.24) is 5.32 Å². The van der Waals surface area contributed by atoms with E-state index in [0.717, 1.165) is 11.3 Å². The minimum Gasteiger partial charge on any atom is -0.396 e. The van der Waals surface area contributed by atoms with Crippen molar-refractivity contribution < 1.29 is 9.90 Å². The maximum absolute atomic E-state index is 12.2. The van der Waals surface area contributed by atoms with Gasteiger partial charge in [0.05, 0.1) is 0 Å². The van der Waals surface area contributed by atoms with Crippen LogP contribution in [0.1, 0.15) is 25.8 Å². The smallest absolute Gasteiger partial charge is 0.262 e. The number of aliphatic hydroxyl groups excluding tert-OH is 1. The SMILES string of the molecule is CN(C)c1ccc(/C=C(\C#N)C(=O)NC(C)(C)CCO)cc1. The van der Waals surface area contributed by atoms with Gasteiger partial charge in [-0.05, 0) is 44.0 Å². The Bertz CT molecular complexity index is 581. The summed E-state index contributed by atoms with van der Waals surface area (Å²) in [6.45, 7) is 3.59. The second kappa shape index (κ2) is 7.62. The van der Waals surface area contributed by atoms with E-state index in [2.05, 4.69) is 5.32 Å². The van der Waals surface area contributed by atoms with Crippen molar-refractivity contribution in [2.45, 2.75) is 25.8 Å². The van der Waals surface area contributed by atoms with Crippen LogP contribution in [0, 0.1) is 11.3 Å². The Morgan fingerprint density at radius 2 is 1.95 bits per heavy atom. The molecule has 0 radical (unpaired) electrons. The summed E-state index contributed by atoms with van der Waals surface area (Å²) in [6.07, 6.45) is 1.98. The van der Waals surface area contributed by atoms with Crippen molar-refractivity contribution >= 4 is 17.7 Å². The number of hydrogen-bond donors (Lipinski definition) is 2. The Hall–Kier alpha value is -2.32. The van der Waals surface area contributed by atoms with E-state index in [-0.39, 0.29) is 12.2 Å². The van der Waals surface area contributed by atoms with Gasteiger partial charge < -0.3 is 15.3 Å². The van der Waals surface area contributed by atoms with Crippen molar-refractivity contribution in [1.29, 1.82) is 5.26 Å². The van der Waals surface area contributed by atoms with E-state index in [1.54, 1.807) is 6.08 Å². The molecule has 0 spiro atoms. The second-order valence-electron chi connectivity index (χ2n) is 5.97. The van der Waals surface area contributed by atoms with Gasteiger partial charge in [0.25, 0.3) is 5.91 Å². The van der Waals surface area contributed by atoms with Crippen LogP contribution < -0.4 is 10.2 Å². The predicted molar refractivity (Wildman–Crippen MR) is 88.3 cm³/mol. The van der Waals surface area contributed by atoms with Gasteiger partial charge in [-0.1, -0.05) is 12.1 Å². The Morgan fingerprint density at radius 3 is 2.41 bits per heavy atom. The lowest BCUT2D eigenvalue weighted by molar-refractivity contribution is -0.118. The molecule has 0 aliphatic rings. The molecule has 0 saturated carbocycles. The number of amides is 1. The van der Waals surface area contributed by atoms with Crippen LogP contribution in [0.4, 0.5) is 5.69 Å². The van der Waals surface area contributed by atoms with Crippen molar-refractivity contribution in [3.63, 3.8) is 0 Å². The molecule has 0 fully saturated rings. The zero-order valence-corrected chi connectivity index (χ0v) is 13.6. The average Bonchev–Trinajstić information content (AvgIpc) is 2.44. The predicted octanol–water partition coefficient (Wildman–Crippen LogP) is 1.94. The zero-order chi connectivity index (χ0) is 16.8. The molecule has 0 unspecified atom stereocenters. The van der Waals surface area contributed by atoms with E-state index in [0.29, 0.717) is 6.42 Å². The second-order valence-corrected chi connectivity index (χ2v) is 5.97. The standard InChI is InChI=1S/C17H23N3O2/c1-17(2,9-10-21)19-16(22)14(12-18)11-13-5-7-15(8-6-13)20(3)4/h5-8,11,21H,9-10H2,1-4H3,(H,19,22)/b14-11+. The Morgan fingerprint density at radius 1 is 1.36 bits per heavy atom. The van der Waals surface area contributed by atoms with Gasteiger partial charge in [-0.2, -0.15) is 5.26 Å².